The third-order valence-corrected chi connectivity index (χ3v) is 6.72. The largest absolute Gasteiger partial charge is 0.481 e. The van der Waals surface area contributed by atoms with Gasteiger partial charge in [0.2, 0.25) is 5.91 Å². The SMILES string of the molecule is CN(C[C@H](O)[C@@H](O)[C@H](O)[C@H](O)CO)C(=O)CC(CC(=O)O)NC(=O)OCC1c2ccccc2-c2ccccc21. The van der Waals surface area contributed by atoms with Crippen molar-refractivity contribution in [1.82, 2.24) is 10.2 Å². The smallest absolute Gasteiger partial charge is 0.407 e. The lowest BCUT2D eigenvalue weighted by Crippen LogP contribution is -2.50. The number of carboxylic acid groups (broad SMARTS) is 1. The van der Waals surface area contributed by atoms with Crippen molar-refractivity contribution in [3.63, 3.8) is 0 Å². The Labute approximate surface area is 225 Å². The number of benzene rings is 2. The van der Waals surface area contributed by atoms with Crippen LogP contribution >= 0.6 is 0 Å². The van der Waals surface area contributed by atoms with Gasteiger partial charge < -0.3 is 45.6 Å². The highest BCUT2D eigenvalue weighted by Crippen LogP contribution is 2.44. The lowest BCUT2D eigenvalue weighted by atomic mass is 9.98. The average Bonchev–Trinajstić information content (AvgIpc) is 3.23. The molecular weight excluding hydrogens is 512 g/mol. The predicted octanol–water partition coefficient (Wildman–Crippen LogP) is -0.347. The molecule has 1 aliphatic carbocycles. The molecular formula is C27H34N2O10. The fraction of sp³-hybridized carbons (Fsp3) is 0.444. The molecule has 0 spiro atoms. The minimum Gasteiger partial charge on any atom is -0.481 e. The highest BCUT2D eigenvalue weighted by atomic mass is 16.5. The summed E-state index contributed by atoms with van der Waals surface area (Å²) in [6, 6.07) is 14.4. The Bertz CT molecular complexity index is 1110. The van der Waals surface area contributed by atoms with Gasteiger partial charge in [-0.1, -0.05) is 48.5 Å². The zero-order valence-electron chi connectivity index (χ0n) is 21.4. The Hall–Kier alpha value is -3.55. The van der Waals surface area contributed by atoms with E-state index in [-0.39, 0.29) is 12.5 Å². The van der Waals surface area contributed by atoms with Crippen LogP contribution in [0.4, 0.5) is 4.79 Å². The summed E-state index contributed by atoms with van der Waals surface area (Å²) in [6.07, 6.45) is -9.01. The Morgan fingerprint density at radius 1 is 0.897 bits per heavy atom. The normalized spacial score (nSPS) is 16.3. The van der Waals surface area contributed by atoms with Gasteiger partial charge in [0.15, 0.2) is 0 Å². The molecule has 0 fully saturated rings. The number of nitrogens with zero attached hydrogens (tertiary/aromatic N) is 1. The number of hydrogen-bond acceptors (Lipinski definition) is 9. The second kappa shape index (κ2) is 13.5. The van der Waals surface area contributed by atoms with Gasteiger partial charge in [-0.2, -0.15) is 0 Å². The van der Waals surface area contributed by atoms with Crippen LogP contribution in [0.2, 0.25) is 0 Å². The summed E-state index contributed by atoms with van der Waals surface area (Å²) in [4.78, 5) is 37.6. The zero-order chi connectivity index (χ0) is 28.7. The van der Waals surface area contributed by atoms with Crippen LogP contribution in [-0.4, -0.2) is 111 Å². The summed E-state index contributed by atoms with van der Waals surface area (Å²) >= 11 is 0. The van der Waals surface area contributed by atoms with Gasteiger partial charge in [0.05, 0.1) is 19.1 Å². The van der Waals surface area contributed by atoms with Crippen molar-refractivity contribution in [3.8, 4) is 11.1 Å². The Morgan fingerprint density at radius 2 is 1.44 bits per heavy atom. The van der Waals surface area contributed by atoms with Crippen molar-refractivity contribution in [1.29, 1.82) is 0 Å². The highest BCUT2D eigenvalue weighted by molar-refractivity contribution is 5.80. The summed E-state index contributed by atoms with van der Waals surface area (Å²) in [7, 11) is 1.28. The molecule has 2 amide bonds. The molecule has 0 heterocycles. The van der Waals surface area contributed by atoms with Crippen LogP contribution in [0.15, 0.2) is 48.5 Å². The number of ether oxygens (including phenoxy) is 1. The fourth-order valence-corrected chi connectivity index (χ4v) is 4.61. The summed E-state index contributed by atoms with van der Waals surface area (Å²) in [5, 5.41) is 59.8. The van der Waals surface area contributed by atoms with E-state index in [9.17, 15) is 39.9 Å². The second-order valence-electron chi connectivity index (χ2n) is 9.54. The molecule has 0 saturated carbocycles. The second-order valence-corrected chi connectivity index (χ2v) is 9.54. The third-order valence-electron chi connectivity index (χ3n) is 6.72. The first kappa shape index (κ1) is 30.0. The molecule has 12 nitrogen and oxygen atoms in total. The lowest BCUT2D eigenvalue weighted by Gasteiger charge is -2.29. The molecule has 12 heteroatoms. The van der Waals surface area contributed by atoms with Gasteiger partial charge in [0, 0.05) is 25.9 Å². The molecule has 0 saturated heterocycles. The number of rotatable bonds is 13. The number of likely N-dealkylation sites (N-methyl/N-ethyl adjacent to an activating group) is 1. The first-order valence-electron chi connectivity index (χ1n) is 12.4. The quantitative estimate of drug-likeness (QED) is 0.174. The van der Waals surface area contributed by atoms with Crippen molar-refractivity contribution >= 4 is 18.0 Å². The van der Waals surface area contributed by atoms with Crippen molar-refractivity contribution < 1.29 is 49.8 Å². The van der Waals surface area contributed by atoms with Crippen LogP contribution in [0.3, 0.4) is 0 Å². The summed E-state index contributed by atoms with van der Waals surface area (Å²) in [5.74, 6) is -2.13. The van der Waals surface area contributed by atoms with E-state index in [4.69, 9.17) is 9.84 Å². The average molecular weight is 547 g/mol. The molecule has 0 aromatic heterocycles. The molecule has 212 valence electrons. The minimum atomic E-state index is -1.86. The van der Waals surface area contributed by atoms with E-state index >= 15 is 0 Å². The molecule has 0 radical (unpaired) electrons. The van der Waals surface area contributed by atoms with Gasteiger partial charge in [0.25, 0.3) is 0 Å². The fourth-order valence-electron chi connectivity index (χ4n) is 4.61. The number of amides is 2. The van der Waals surface area contributed by atoms with Gasteiger partial charge in [-0.15, -0.1) is 0 Å². The Kier molecular flexibility index (Phi) is 10.4. The summed E-state index contributed by atoms with van der Waals surface area (Å²) < 4.78 is 5.44. The topological polar surface area (TPSA) is 197 Å². The molecule has 39 heavy (non-hydrogen) atoms. The predicted molar refractivity (Wildman–Crippen MR) is 138 cm³/mol. The first-order valence-corrected chi connectivity index (χ1v) is 12.4. The van der Waals surface area contributed by atoms with Crippen LogP contribution in [0.1, 0.15) is 29.9 Å². The van der Waals surface area contributed by atoms with Crippen LogP contribution in [0, 0.1) is 0 Å². The number of fused-ring (bicyclic) bond motifs is 3. The van der Waals surface area contributed by atoms with Crippen LogP contribution in [0.25, 0.3) is 11.1 Å². The van der Waals surface area contributed by atoms with Crippen LogP contribution < -0.4 is 5.32 Å². The lowest BCUT2D eigenvalue weighted by molar-refractivity contribution is -0.139. The molecule has 3 rings (SSSR count). The van der Waals surface area contributed by atoms with Crippen molar-refractivity contribution in [2.24, 2.45) is 0 Å². The maximum Gasteiger partial charge on any atom is 0.407 e. The summed E-state index contributed by atoms with van der Waals surface area (Å²) in [5.41, 5.74) is 4.10. The molecule has 5 atom stereocenters. The van der Waals surface area contributed by atoms with Gasteiger partial charge in [-0.25, -0.2) is 4.79 Å². The van der Waals surface area contributed by atoms with Gasteiger partial charge >= 0.3 is 12.1 Å². The van der Waals surface area contributed by atoms with E-state index in [2.05, 4.69) is 5.32 Å². The van der Waals surface area contributed by atoms with Crippen molar-refractivity contribution in [2.75, 3.05) is 26.8 Å². The van der Waals surface area contributed by atoms with E-state index in [1.807, 2.05) is 48.5 Å². The molecule has 0 bridgehead atoms. The van der Waals surface area contributed by atoms with E-state index in [0.29, 0.717) is 0 Å². The maximum atomic E-state index is 12.7. The standard InChI is InChI=1S/C27H34N2O10/c1-29(12-21(31)25(36)26(37)22(32)13-30)23(33)10-15(11-24(34)35)28-27(38)39-14-20-18-8-4-2-6-16(18)17-7-3-5-9-19(17)20/h2-9,15,20-22,25-26,30-32,36-37H,10-14H2,1H3,(H,28,38)(H,34,35)/t15?,21-,22+,25+,26+/m0/s1. The van der Waals surface area contributed by atoms with Gasteiger partial charge in [-0.05, 0) is 22.3 Å². The number of aliphatic carboxylic acids is 1. The number of carbonyl (C=O) groups excluding carboxylic acids is 2. The van der Waals surface area contributed by atoms with Crippen LogP contribution in [-0.2, 0) is 14.3 Å². The third kappa shape index (κ3) is 7.52. The number of hydrogen-bond donors (Lipinski definition) is 7. The van der Waals surface area contributed by atoms with Crippen molar-refractivity contribution in [2.45, 2.75) is 49.2 Å². The first-order chi connectivity index (χ1) is 18.5. The van der Waals surface area contributed by atoms with E-state index < -0.39 is 74.4 Å². The Balaban J connectivity index is 1.58. The molecule has 7 N–H and O–H groups in total. The maximum absolute atomic E-state index is 12.7. The number of alkyl carbamates (subject to hydrolysis) is 1. The zero-order valence-corrected chi connectivity index (χ0v) is 21.4. The number of carboxylic acids is 1. The molecule has 1 aliphatic rings. The van der Waals surface area contributed by atoms with E-state index in [1.54, 1.807) is 0 Å². The number of nitrogens with one attached hydrogen (secondary N) is 1. The van der Waals surface area contributed by atoms with Crippen molar-refractivity contribution in [3.05, 3.63) is 59.7 Å². The number of aliphatic hydroxyl groups is 5. The minimum absolute atomic E-state index is 0.000398. The molecule has 2 aromatic carbocycles. The monoisotopic (exact) mass is 546 g/mol. The highest BCUT2D eigenvalue weighted by Gasteiger charge is 2.32. The molecule has 1 unspecified atom stereocenters. The van der Waals surface area contributed by atoms with Gasteiger partial charge in [-0.3, -0.25) is 9.59 Å². The number of aliphatic hydroxyl groups excluding tert-OH is 5. The Morgan fingerprint density at radius 3 is 1.97 bits per heavy atom. The van der Waals surface area contributed by atoms with Crippen LogP contribution in [0.5, 0.6) is 0 Å². The van der Waals surface area contributed by atoms with Gasteiger partial charge in [0.1, 0.15) is 31.0 Å². The summed E-state index contributed by atoms with van der Waals surface area (Å²) in [6.45, 7) is -1.32. The number of carbonyl (C=O) groups is 3. The molecule has 0 aliphatic heterocycles. The van der Waals surface area contributed by atoms with E-state index in [1.165, 1.54) is 7.05 Å². The van der Waals surface area contributed by atoms with E-state index in [0.717, 1.165) is 27.2 Å². The molecule has 2 aromatic rings.